The van der Waals surface area contributed by atoms with Crippen molar-refractivity contribution in [3.8, 4) is 0 Å². The molecular weight excluding hydrogens is 252 g/mol. The minimum Gasteiger partial charge on any atom is -0.368 e. The highest BCUT2D eigenvalue weighted by atomic mass is 32.2. The third-order valence-corrected chi connectivity index (χ3v) is 4.41. The maximum absolute atomic E-state index is 11.7. The van der Waals surface area contributed by atoms with Crippen LogP contribution in [-0.4, -0.2) is 25.6 Å². The summed E-state index contributed by atoms with van der Waals surface area (Å²) in [7, 11) is -3.51. The molecule has 18 heavy (non-hydrogen) atoms. The predicted octanol–water partition coefficient (Wildman–Crippen LogP) is 0.411. The van der Waals surface area contributed by atoms with E-state index in [1.54, 1.807) is 13.8 Å². The van der Waals surface area contributed by atoms with Crippen LogP contribution in [0.25, 0.3) is 0 Å². The molecule has 0 saturated heterocycles. The first-order valence-electron chi connectivity index (χ1n) is 5.67. The van der Waals surface area contributed by atoms with E-state index < -0.39 is 27.2 Å². The van der Waals surface area contributed by atoms with Gasteiger partial charge in [-0.1, -0.05) is 30.3 Å². The van der Waals surface area contributed by atoms with Gasteiger partial charge in [0.25, 0.3) is 0 Å². The Kier molecular flexibility index (Phi) is 4.86. The number of hydrogen-bond donors (Lipinski definition) is 2. The van der Waals surface area contributed by atoms with Gasteiger partial charge in [-0.3, -0.25) is 4.79 Å². The van der Waals surface area contributed by atoms with Gasteiger partial charge in [-0.15, -0.1) is 0 Å². The molecule has 1 unspecified atom stereocenters. The molecule has 1 amide bonds. The maximum atomic E-state index is 11.7. The number of nitrogens with one attached hydrogen (secondary N) is 1. The number of rotatable bonds is 6. The van der Waals surface area contributed by atoms with Crippen LogP contribution >= 0.6 is 0 Å². The number of nitrogens with two attached hydrogens (primary N) is 1. The van der Waals surface area contributed by atoms with E-state index in [9.17, 15) is 13.2 Å². The second-order valence-corrected chi connectivity index (χ2v) is 6.62. The summed E-state index contributed by atoms with van der Waals surface area (Å²) in [6, 6.07) is 8.22. The van der Waals surface area contributed by atoms with Crippen molar-refractivity contribution in [1.29, 1.82) is 0 Å². The van der Waals surface area contributed by atoms with Crippen LogP contribution < -0.4 is 10.5 Å². The minimum absolute atomic E-state index is 0.252. The molecule has 1 aromatic carbocycles. The van der Waals surface area contributed by atoms with E-state index in [0.29, 0.717) is 0 Å². The summed E-state index contributed by atoms with van der Waals surface area (Å²) in [5.74, 6) is -0.678. The van der Waals surface area contributed by atoms with E-state index in [1.807, 2.05) is 30.3 Å². The maximum Gasteiger partial charge on any atom is 0.235 e. The molecule has 1 atom stereocenters. The first-order valence-corrected chi connectivity index (χ1v) is 7.22. The van der Waals surface area contributed by atoms with E-state index >= 15 is 0 Å². The molecule has 0 aromatic heterocycles. The van der Waals surface area contributed by atoms with Crippen molar-refractivity contribution in [2.75, 3.05) is 0 Å². The summed E-state index contributed by atoms with van der Waals surface area (Å²) < 4.78 is 25.8. The lowest BCUT2D eigenvalue weighted by atomic mass is 10.1. The Morgan fingerprint density at radius 1 is 1.28 bits per heavy atom. The van der Waals surface area contributed by atoms with Crippen molar-refractivity contribution in [1.82, 2.24) is 4.72 Å². The Morgan fingerprint density at radius 2 is 1.83 bits per heavy atom. The molecule has 5 nitrogen and oxygen atoms in total. The first kappa shape index (κ1) is 14.7. The molecule has 0 saturated carbocycles. The zero-order valence-corrected chi connectivity index (χ0v) is 11.3. The molecule has 0 spiro atoms. The average Bonchev–Trinajstić information content (AvgIpc) is 2.29. The first-order chi connectivity index (χ1) is 8.33. The Bertz CT molecular complexity index is 497. The third kappa shape index (κ3) is 4.12. The quantitative estimate of drug-likeness (QED) is 0.784. The Morgan fingerprint density at radius 3 is 2.28 bits per heavy atom. The van der Waals surface area contributed by atoms with Gasteiger partial charge in [-0.25, -0.2) is 13.1 Å². The monoisotopic (exact) mass is 270 g/mol. The van der Waals surface area contributed by atoms with Crippen LogP contribution in [0.5, 0.6) is 0 Å². The topological polar surface area (TPSA) is 89.3 Å². The number of carbonyl (C=O) groups excluding carboxylic acids is 1. The van der Waals surface area contributed by atoms with E-state index in [2.05, 4.69) is 4.72 Å². The highest BCUT2D eigenvalue weighted by molar-refractivity contribution is 7.90. The molecule has 0 aliphatic heterocycles. The predicted molar refractivity (Wildman–Crippen MR) is 70.3 cm³/mol. The largest absolute Gasteiger partial charge is 0.368 e. The molecule has 1 rings (SSSR count). The lowest BCUT2D eigenvalue weighted by molar-refractivity contribution is -0.119. The molecule has 0 aliphatic carbocycles. The van der Waals surface area contributed by atoms with Crippen LogP contribution in [0.3, 0.4) is 0 Å². The standard InChI is InChI=1S/C12H18N2O3S/c1-9(2)18(16,17)14-11(12(13)15)8-10-6-4-3-5-7-10/h3-7,9,11,14H,8H2,1-2H3,(H2,13,15). The summed E-state index contributed by atoms with van der Waals surface area (Å²) >= 11 is 0. The molecule has 0 heterocycles. The lowest BCUT2D eigenvalue weighted by Crippen LogP contribution is -2.47. The zero-order chi connectivity index (χ0) is 13.8. The normalized spacial score (nSPS) is 13.5. The molecule has 100 valence electrons. The number of carbonyl (C=O) groups is 1. The van der Waals surface area contributed by atoms with Gasteiger partial charge in [0.05, 0.1) is 5.25 Å². The molecule has 1 aromatic rings. The van der Waals surface area contributed by atoms with Crippen LogP contribution in [0.15, 0.2) is 30.3 Å². The van der Waals surface area contributed by atoms with Gasteiger partial charge in [-0.2, -0.15) is 0 Å². The smallest absolute Gasteiger partial charge is 0.235 e. The summed E-state index contributed by atoms with van der Waals surface area (Å²) in [4.78, 5) is 11.3. The van der Waals surface area contributed by atoms with Gasteiger partial charge >= 0.3 is 0 Å². The molecule has 0 radical (unpaired) electrons. The van der Waals surface area contributed by atoms with Gasteiger partial charge < -0.3 is 5.73 Å². The highest BCUT2D eigenvalue weighted by Crippen LogP contribution is 2.06. The molecule has 0 bridgehead atoms. The number of amides is 1. The number of hydrogen-bond acceptors (Lipinski definition) is 3. The zero-order valence-electron chi connectivity index (χ0n) is 10.5. The summed E-state index contributed by atoms with van der Waals surface area (Å²) in [6.07, 6.45) is 0.252. The fourth-order valence-corrected chi connectivity index (χ4v) is 2.25. The Balaban J connectivity index is 2.83. The van der Waals surface area contributed by atoms with Crippen LogP contribution in [0.4, 0.5) is 0 Å². The van der Waals surface area contributed by atoms with Crippen molar-refractivity contribution in [3.05, 3.63) is 35.9 Å². The second kappa shape index (κ2) is 5.97. The van der Waals surface area contributed by atoms with Crippen LogP contribution in [-0.2, 0) is 21.2 Å². The summed E-state index contributed by atoms with van der Waals surface area (Å²) in [5.41, 5.74) is 6.08. The fraction of sp³-hybridized carbons (Fsp3) is 0.417. The van der Waals surface area contributed by atoms with Crippen LogP contribution in [0, 0.1) is 0 Å². The average molecular weight is 270 g/mol. The molecule has 6 heteroatoms. The van der Waals surface area contributed by atoms with E-state index in [0.717, 1.165) is 5.56 Å². The SMILES string of the molecule is CC(C)S(=O)(=O)NC(Cc1ccccc1)C(N)=O. The van der Waals surface area contributed by atoms with Crippen LogP contribution in [0.2, 0.25) is 0 Å². The molecular formula is C12H18N2O3S. The van der Waals surface area contributed by atoms with E-state index in [4.69, 9.17) is 5.73 Å². The second-order valence-electron chi connectivity index (χ2n) is 4.36. The van der Waals surface area contributed by atoms with Gasteiger partial charge in [0.2, 0.25) is 15.9 Å². The van der Waals surface area contributed by atoms with Crippen molar-refractivity contribution < 1.29 is 13.2 Å². The number of sulfonamides is 1. The fourth-order valence-electron chi connectivity index (χ4n) is 1.38. The van der Waals surface area contributed by atoms with Gasteiger partial charge in [-0.05, 0) is 25.8 Å². The number of primary amides is 1. The highest BCUT2D eigenvalue weighted by Gasteiger charge is 2.24. The van der Waals surface area contributed by atoms with Crippen molar-refractivity contribution in [3.63, 3.8) is 0 Å². The van der Waals surface area contributed by atoms with Gasteiger partial charge in [0, 0.05) is 0 Å². The van der Waals surface area contributed by atoms with Gasteiger partial charge in [0.1, 0.15) is 6.04 Å². The lowest BCUT2D eigenvalue weighted by Gasteiger charge is -2.17. The van der Waals surface area contributed by atoms with E-state index in [-0.39, 0.29) is 6.42 Å². The van der Waals surface area contributed by atoms with E-state index in [1.165, 1.54) is 0 Å². The Labute approximate surface area is 107 Å². The minimum atomic E-state index is -3.51. The molecule has 0 fully saturated rings. The Hall–Kier alpha value is -1.40. The number of benzene rings is 1. The summed E-state index contributed by atoms with van der Waals surface area (Å²) in [5, 5.41) is -0.602. The van der Waals surface area contributed by atoms with Crippen LogP contribution in [0.1, 0.15) is 19.4 Å². The van der Waals surface area contributed by atoms with Gasteiger partial charge in [0.15, 0.2) is 0 Å². The molecule has 3 N–H and O–H groups in total. The molecule has 0 aliphatic rings. The van der Waals surface area contributed by atoms with Crippen molar-refractivity contribution in [2.24, 2.45) is 5.73 Å². The summed E-state index contributed by atoms with van der Waals surface area (Å²) in [6.45, 7) is 3.09. The third-order valence-electron chi connectivity index (χ3n) is 2.55. The van der Waals surface area contributed by atoms with Crippen molar-refractivity contribution in [2.45, 2.75) is 31.6 Å². The van der Waals surface area contributed by atoms with Crippen molar-refractivity contribution >= 4 is 15.9 Å².